The van der Waals surface area contributed by atoms with Crippen molar-refractivity contribution in [2.24, 2.45) is 0 Å². The van der Waals surface area contributed by atoms with Crippen molar-refractivity contribution in [2.45, 2.75) is 18.4 Å². The summed E-state index contributed by atoms with van der Waals surface area (Å²) in [6.07, 6.45) is 2.44. The van der Waals surface area contributed by atoms with Crippen molar-refractivity contribution in [3.63, 3.8) is 0 Å². The van der Waals surface area contributed by atoms with Crippen LogP contribution in [0.25, 0.3) is 10.2 Å². The van der Waals surface area contributed by atoms with Crippen LogP contribution in [0.3, 0.4) is 0 Å². The molecule has 0 radical (unpaired) electrons. The first-order valence-electron chi connectivity index (χ1n) is 8.45. The summed E-state index contributed by atoms with van der Waals surface area (Å²) in [6.45, 7) is 5.10. The van der Waals surface area contributed by atoms with E-state index in [4.69, 9.17) is 21.3 Å². The number of aromatic nitrogens is 1. The second-order valence-corrected chi connectivity index (χ2v) is 8.24. The molecule has 7 heteroatoms. The predicted molar refractivity (Wildman–Crippen MR) is 98.3 cm³/mol. The molecule has 130 valence electrons. The predicted octanol–water partition coefficient (Wildman–Crippen LogP) is 2.61. The number of nitrogens with zero attached hydrogens (tertiary/aromatic N) is 3. The van der Waals surface area contributed by atoms with Crippen molar-refractivity contribution in [1.82, 2.24) is 9.88 Å². The van der Waals surface area contributed by atoms with Gasteiger partial charge in [0.1, 0.15) is 5.60 Å². The number of hydrogen-bond donors (Lipinski definition) is 1. The smallest absolute Gasteiger partial charge is 0.186 e. The van der Waals surface area contributed by atoms with Crippen LogP contribution in [0.2, 0.25) is 5.02 Å². The number of hydrogen-bond acceptors (Lipinski definition) is 6. The first-order chi connectivity index (χ1) is 11.6. The fraction of sp³-hybridized carbons (Fsp3) is 0.588. The number of likely N-dealkylation sites (tertiary alicyclic amines) is 1. The number of halogens is 1. The number of rotatable bonds is 3. The van der Waals surface area contributed by atoms with Crippen molar-refractivity contribution in [1.29, 1.82) is 0 Å². The van der Waals surface area contributed by atoms with Gasteiger partial charge in [0.2, 0.25) is 0 Å². The zero-order valence-corrected chi connectivity index (χ0v) is 15.2. The third kappa shape index (κ3) is 3.53. The Morgan fingerprint density at radius 3 is 2.96 bits per heavy atom. The van der Waals surface area contributed by atoms with Gasteiger partial charge in [0, 0.05) is 18.1 Å². The third-order valence-electron chi connectivity index (χ3n) is 4.69. The number of thiazole rings is 1. The summed E-state index contributed by atoms with van der Waals surface area (Å²) in [5, 5.41) is 12.8. The Labute approximate surface area is 150 Å². The average molecular weight is 368 g/mol. The van der Waals surface area contributed by atoms with E-state index in [1.807, 2.05) is 18.2 Å². The van der Waals surface area contributed by atoms with E-state index < -0.39 is 5.60 Å². The second kappa shape index (κ2) is 6.77. The molecule has 1 aromatic carbocycles. The molecule has 1 N–H and O–H groups in total. The highest BCUT2D eigenvalue weighted by molar-refractivity contribution is 7.22. The number of benzene rings is 1. The molecule has 5 nitrogen and oxygen atoms in total. The van der Waals surface area contributed by atoms with Crippen LogP contribution in [0.4, 0.5) is 5.13 Å². The van der Waals surface area contributed by atoms with Crippen molar-refractivity contribution in [3.05, 3.63) is 23.2 Å². The van der Waals surface area contributed by atoms with Gasteiger partial charge in [-0.3, -0.25) is 0 Å². The van der Waals surface area contributed by atoms with Gasteiger partial charge in [-0.25, -0.2) is 4.98 Å². The van der Waals surface area contributed by atoms with E-state index in [9.17, 15) is 5.11 Å². The molecule has 1 unspecified atom stereocenters. The van der Waals surface area contributed by atoms with E-state index in [1.54, 1.807) is 11.3 Å². The molecular weight excluding hydrogens is 346 g/mol. The van der Waals surface area contributed by atoms with Crippen LogP contribution >= 0.6 is 22.9 Å². The van der Waals surface area contributed by atoms with Crippen LogP contribution < -0.4 is 4.90 Å². The van der Waals surface area contributed by atoms with Gasteiger partial charge in [-0.2, -0.15) is 0 Å². The normalized spacial score (nSPS) is 26.2. The molecule has 3 heterocycles. The van der Waals surface area contributed by atoms with Gasteiger partial charge in [0.05, 0.1) is 30.0 Å². The molecular formula is C17H22ClN3O2S. The first-order valence-corrected chi connectivity index (χ1v) is 9.64. The highest BCUT2D eigenvalue weighted by Gasteiger charge is 2.36. The van der Waals surface area contributed by atoms with Gasteiger partial charge in [-0.1, -0.05) is 22.9 Å². The Bertz CT molecular complexity index is 719. The lowest BCUT2D eigenvalue weighted by Gasteiger charge is -2.33. The van der Waals surface area contributed by atoms with Gasteiger partial charge < -0.3 is 19.6 Å². The minimum absolute atomic E-state index is 0.386. The quantitative estimate of drug-likeness (QED) is 0.903. The highest BCUT2D eigenvalue weighted by Crippen LogP contribution is 2.32. The Hall–Kier alpha value is -0.920. The summed E-state index contributed by atoms with van der Waals surface area (Å²) < 4.78 is 6.78. The maximum Gasteiger partial charge on any atom is 0.186 e. The summed E-state index contributed by atoms with van der Waals surface area (Å²) in [4.78, 5) is 9.21. The molecule has 2 aliphatic heterocycles. The molecule has 4 rings (SSSR count). The highest BCUT2D eigenvalue weighted by atomic mass is 35.5. The van der Waals surface area contributed by atoms with Gasteiger partial charge in [-0.05, 0) is 44.1 Å². The maximum atomic E-state index is 11.1. The molecule has 0 spiro atoms. The molecule has 1 atom stereocenters. The summed E-state index contributed by atoms with van der Waals surface area (Å²) >= 11 is 7.70. The van der Waals surface area contributed by atoms with Crippen LogP contribution in [-0.2, 0) is 4.74 Å². The van der Waals surface area contributed by atoms with Crippen molar-refractivity contribution in [2.75, 3.05) is 50.8 Å². The molecule has 1 aromatic heterocycles. The lowest BCUT2D eigenvalue weighted by atomic mass is 10.0. The van der Waals surface area contributed by atoms with Crippen LogP contribution in [-0.4, -0.2) is 66.5 Å². The molecule has 2 fully saturated rings. The van der Waals surface area contributed by atoms with E-state index in [-0.39, 0.29) is 0 Å². The summed E-state index contributed by atoms with van der Waals surface area (Å²) in [5.74, 6) is 0. The molecule has 0 bridgehead atoms. The lowest BCUT2D eigenvalue weighted by molar-refractivity contribution is -0.0439. The van der Waals surface area contributed by atoms with E-state index in [1.165, 1.54) is 12.8 Å². The van der Waals surface area contributed by atoms with E-state index in [2.05, 4.69) is 9.80 Å². The minimum Gasteiger partial charge on any atom is -0.384 e. The molecule has 24 heavy (non-hydrogen) atoms. The van der Waals surface area contributed by atoms with Crippen molar-refractivity contribution >= 4 is 38.3 Å². The Kier molecular flexibility index (Phi) is 4.66. The molecule has 2 aliphatic rings. The standard InChI is InChI=1S/C17H22ClN3O2S/c18-13-3-4-14-15(9-13)24-16(19-14)21-7-8-23-12-17(22,11-21)10-20-5-1-2-6-20/h3-4,9,22H,1-2,5-8,10-12H2. The SMILES string of the molecule is OC1(CN2CCCC2)COCCN(c2nc3ccc(Cl)cc3s2)C1. The van der Waals surface area contributed by atoms with Crippen LogP contribution in [0.5, 0.6) is 0 Å². The van der Waals surface area contributed by atoms with Gasteiger partial charge in [0.25, 0.3) is 0 Å². The Balaban J connectivity index is 1.56. The number of aliphatic hydroxyl groups is 1. The number of ether oxygens (including phenoxy) is 1. The zero-order chi connectivity index (χ0) is 16.6. The van der Waals surface area contributed by atoms with Crippen LogP contribution in [0.1, 0.15) is 12.8 Å². The van der Waals surface area contributed by atoms with Crippen molar-refractivity contribution < 1.29 is 9.84 Å². The molecule has 2 saturated heterocycles. The zero-order valence-electron chi connectivity index (χ0n) is 13.6. The number of anilines is 1. The average Bonchev–Trinajstić information content (AvgIpc) is 3.15. The molecule has 0 saturated carbocycles. The number of fused-ring (bicyclic) bond motifs is 1. The van der Waals surface area contributed by atoms with Gasteiger partial charge in [-0.15, -0.1) is 0 Å². The number of β-amino-alcohol motifs (C(OH)–C–C–N with tert-alkyl or cyclic N) is 1. The minimum atomic E-state index is -0.851. The molecule has 0 aliphatic carbocycles. The fourth-order valence-electron chi connectivity index (χ4n) is 3.55. The third-order valence-corrected chi connectivity index (χ3v) is 6.00. The maximum absolute atomic E-state index is 11.1. The second-order valence-electron chi connectivity index (χ2n) is 6.79. The van der Waals surface area contributed by atoms with Crippen molar-refractivity contribution in [3.8, 4) is 0 Å². The van der Waals surface area contributed by atoms with E-state index in [0.29, 0.717) is 26.3 Å². The monoisotopic (exact) mass is 367 g/mol. The molecule has 0 amide bonds. The topological polar surface area (TPSA) is 48.8 Å². The first kappa shape index (κ1) is 16.5. The fourth-order valence-corrected chi connectivity index (χ4v) is 4.82. The van der Waals surface area contributed by atoms with E-state index in [0.717, 1.165) is 40.0 Å². The van der Waals surface area contributed by atoms with Crippen LogP contribution in [0, 0.1) is 0 Å². The van der Waals surface area contributed by atoms with E-state index >= 15 is 0 Å². The Morgan fingerprint density at radius 1 is 1.29 bits per heavy atom. The van der Waals surface area contributed by atoms with Gasteiger partial charge >= 0.3 is 0 Å². The van der Waals surface area contributed by atoms with Gasteiger partial charge in [0.15, 0.2) is 5.13 Å². The van der Waals surface area contributed by atoms with Crippen LogP contribution in [0.15, 0.2) is 18.2 Å². The summed E-state index contributed by atoms with van der Waals surface area (Å²) in [5.41, 5.74) is 0.101. The summed E-state index contributed by atoms with van der Waals surface area (Å²) in [6, 6.07) is 5.76. The lowest BCUT2D eigenvalue weighted by Crippen LogP contribution is -2.52. The summed E-state index contributed by atoms with van der Waals surface area (Å²) in [7, 11) is 0. The largest absolute Gasteiger partial charge is 0.384 e. The molecule has 2 aromatic rings. The Morgan fingerprint density at radius 2 is 2.12 bits per heavy atom.